The van der Waals surface area contributed by atoms with Gasteiger partial charge in [0.2, 0.25) is 0 Å². The zero-order valence-electron chi connectivity index (χ0n) is 16.3. The minimum atomic E-state index is 0.636. The largest absolute Gasteiger partial charge is 0.494 e. The highest BCUT2D eigenvalue weighted by Gasteiger charge is 2.15. The Morgan fingerprint density at radius 3 is 2.53 bits per heavy atom. The molecule has 4 aromatic rings. The molecule has 0 saturated carbocycles. The smallest absolute Gasteiger partial charge is 0.191 e. The van der Waals surface area contributed by atoms with Crippen molar-refractivity contribution in [3.63, 3.8) is 0 Å². The van der Waals surface area contributed by atoms with Crippen LogP contribution >= 0.6 is 23.4 Å². The monoisotopic (exact) mass is 436 g/mol. The van der Waals surface area contributed by atoms with E-state index in [1.807, 2.05) is 60.8 Å². The second kappa shape index (κ2) is 10.3. The zero-order valence-corrected chi connectivity index (χ0v) is 17.9. The fourth-order valence-corrected chi connectivity index (χ4v) is 3.93. The zero-order chi connectivity index (χ0) is 20.6. The van der Waals surface area contributed by atoms with E-state index >= 15 is 0 Å². The van der Waals surface area contributed by atoms with Gasteiger partial charge in [0.1, 0.15) is 5.75 Å². The molecule has 7 heteroatoms. The van der Waals surface area contributed by atoms with Crippen molar-refractivity contribution in [2.75, 3.05) is 12.4 Å². The minimum absolute atomic E-state index is 0.636. The van der Waals surface area contributed by atoms with Crippen LogP contribution in [0, 0.1) is 0 Å². The number of nitrogens with zero attached hydrogens (tertiary/aromatic N) is 4. The Labute approximate surface area is 185 Å². The van der Waals surface area contributed by atoms with Crippen LogP contribution in [0.4, 0.5) is 0 Å². The summed E-state index contributed by atoms with van der Waals surface area (Å²) < 4.78 is 7.93. The Morgan fingerprint density at radius 1 is 0.933 bits per heavy atom. The van der Waals surface area contributed by atoms with E-state index in [4.69, 9.17) is 16.3 Å². The summed E-state index contributed by atoms with van der Waals surface area (Å²) in [5.41, 5.74) is 2.16. The van der Waals surface area contributed by atoms with Crippen molar-refractivity contribution in [3.05, 3.63) is 89.7 Å². The average Bonchev–Trinajstić information content (AvgIpc) is 3.18. The molecule has 0 spiro atoms. The first-order valence-electron chi connectivity index (χ1n) is 9.68. The van der Waals surface area contributed by atoms with E-state index in [1.165, 1.54) is 5.56 Å². The fourth-order valence-electron chi connectivity index (χ4n) is 2.96. The third-order valence-corrected chi connectivity index (χ3v) is 5.73. The van der Waals surface area contributed by atoms with E-state index in [1.54, 1.807) is 18.0 Å². The molecule has 2 aromatic heterocycles. The Morgan fingerprint density at radius 2 is 1.77 bits per heavy atom. The van der Waals surface area contributed by atoms with Gasteiger partial charge in [-0.3, -0.25) is 9.55 Å². The molecule has 2 heterocycles. The van der Waals surface area contributed by atoms with Crippen LogP contribution in [0.15, 0.2) is 84.3 Å². The normalized spacial score (nSPS) is 10.8. The third-order valence-electron chi connectivity index (χ3n) is 4.42. The van der Waals surface area contributed by atoms with E-state index < -0.39 is 0 Å². The maximum absolute atomic E-state index is 5.90. The minimum Gasteiger partial charge on any atom is -0.494 e. The van der Waals surface area contributed by atoms with Crippen molar-refractivity contribution in [1.82, 2.24) is 19.7 Å². The highest BCUT2D eigenvalue weighted by Crippen LogP contribution is 2.25. The lowest BCUT2D eigenvalue weighted by Crippen LogP contribution is -2.05. The second-order valence-electron chi connectivity index (χ2n) is 6.62. The van der Waals surface area contributed by atoms with Crippen LogP contribution in [0.1, 0.15) is 12.0 Å². The molecule has 4 rings (SSSR count). The summed E-state index contributed by atoms with van der Waals surface area (Å²) in [5, 5.41) is 10.5. The standard InChI is InChI=1S/C23H21ClN4OS/c24-20-9-11-21(12-10-20)29-14-5-15-30-23-27-26-22(19-8-4-13-25-16-19)28(23)17-18-6-2-1-3-7-18/h1-4,6-13,16H,5,14-15,17H2. The summed E-state index contributed by atoms with van der Waals surface area (Å²) in [6.45, 7) is 1.35. The Hall–Kier alpha value is -2.83. The van der Waals surface area contributed by atoms with Gasteiger partial charge in [0.25, 0.3) is 0 Å². The van der Waals surface area contributed by atoms with Gasteiger partial charge in [-0.25, -0.2) is 0 Å². The number of benzene rings is 2. The number of aromatic nitrogens is 4. The molecule has 0 unspecified atom stereocenters. The molecule has 0 aliphatic rings. The molecule has 30 heavy (non-hydrogen) atoms. The summed E-state index contributed by atoms with van der Waals surface area (Å²) in [6.07, 6.45) is 4.48. The first-order chi connectivity index (χ1) is 14.8. The van der Waals surface area contributed by atoms with Gasteiger partial charge in [-0.15, -0.1) is 10.2 Å². The number of ether oxygens (including phenoxy) is 1. The molecule has 0 saturated heterocycles. The number of hydrogen-bond donors (Lipinski definition) is 0. The molecule has 0 aliphatic heterocycles. The van der Waals surface area contributed by atoms with Gasteiger partial charge < -0.3 is 4.74 Å². The lowest BCUT2D eigenvalue weighted by atomic mass is 10.2. The number of hydrogen-bond acceptors (Lipinski definition) is 5. The number of pyridine rings is 1. The van der Waals surface area contributed by atoms with Crippen LogP contribution in [0.2, 0.25) is 5.02 Å². The first-order valence-corrected chi connectivity index (χ1v) is 11.0. The van der Waals surface area contributed by atoms with Crippen LogP contribution in [0.3, 0.4) is 0 Å². The van der Waals surface area contributed by atoms with Crippen molar-refractivity contribution in [1.29, 1.82) is 0 Å². The Balaban J connectivity index is 1.42. The number of thioether (sulfide) groups is 1. The van der Waals surface area contributed by atoms with Crippen molar-refractivity contribution in [3.8, 4) is 17.1 Å². The highest BCUT2D eigenvalue weighted by molar-refractivity contribution is 7.99. The summed E-state index contributed by atoms with van der Waals surface area (Å²) in [4.78, 5) is 4.23. The molecule has 5 nitrogen and oxygen atoms in total. The topological polar surface area (TPSA) is 52.8 Å². The molecule has 0 fully saturated rings. The SMILES string of the molecule is Clc1ccc(OCCCSc2nnc(-c3cccnc3)n2Cc2ccccc2)cc1. The van der Waals surface area contributed by atoms with Gasteiger partial charge in [0.05, 0.1) is 13.2 Å². The van der Waals surface area contributed by atoms with Crippen molar-refractivity contribution in [2.45, 2.75) is 18.1 Å². The van der Waals surface area contributed by atoms with Gasteiger partial charge in [-0.05, 0) is 48.4 Å². The predicted octanol–water partition coefficient (Wildman–Crippen LogP) is 5.60. The fraction of sp³-hybridized carbons (Fsp3) is 0.174. The molecule has 0 atom stereocenters. The molecule has 0 N–H and O–H groups in total. The van der Waals surface area contributed by atoms with Crippen molar-refractivity contribution in [2.24, 2.45) is 0 Å². The lowest BCUT2D eigenvalue weighted by molar-refractivity contribution is 0.318. The van der Waals surface area contributed by atoms with Gasteiger partial charge >= 0.3 is 0 Å². The molecule has 152 valence electrons. The summed E-state index contributed by atoms with van der Waals surface area (Å²) in [6, 6.07) is 21.7. The third kappa shape index (κ3) is 5.40. The van der Waals surface area contributed by atoms with Crippen LogP contribution < -0.4 is 4.74 Å². The molecule has 0 bridgehead atoms. The Kier molecular flexibility index (Phi) is 7.00. The molecular formula is C23H21ClN4OS. The molecule has 0 radical (unpaired) electrons. The van der Waals surface area contributed by atoms with Gasteiger partial charge in [-0.1, -0.05) is 53.7 Å². The van der Waals surface area contributed by atoms with Crippen molar-refractivity contribution < 1.29 is 4.74 Å². The van der Waals surface area contributed by atoms with Gasteiger partial charge in [0.15, 0.2) is 11.0 Å². The first kappa shape index (κ1) is 20.4. The summed E-state index contributed by atoms with van der Waals surface area (Å²) in [5.74, 6) is 2.54. The van der Waals surface area contributed by atoms with Crippen LogP contribution in [-0.2, 0) is 6.54 Å². The Bertz CT molecular complexity index is 1060. The lowest BCUT2D eigenvalue weighted by Gasteiger charge is -2.10. The van der Waals surface area contributed by atoms with E-state index in [-0.39, 0.29) is 0 Å². The number of halogens is 1. The highest BCUT2D eigenvalue weighted by atomic mass is 35.5. The van der Waals surface area contributed by atoms with Crippen LogP contribution in [0.25, 0.3) is 11.4 Å². The second-order valence-corrected chi connectivity index (χ2v) is 8.12. The van der Waals surface area contributed by atoms with Crippen molar-refractivity contribution >= 4 is 23.4 Å². The molecule has 2 aromatic carbocycles. The average molecular weight is 437 g/mol. The number of rotatable bonds is 9. The van der Waals surface area contributed by atoms with E-state index in [0.29, 0.717) is 18.2 Å². The molecule has 0 amide bonds. The quantitative estimate of drug-likeness (QED) is 0.252. The molecular weight excluding hydrogens is 416 g/mol. The maximum atomic E-state index is 5.90. The van der Waals surface area contributed by atoms with E-state index in [0.717, 1.165) is 34.5 Å². The van der Waals surface area contributed by atoms with E-state index in [2.05, 4.69) is 31.9 Å². The molecule has 0 aliphatic carbocycles. The van der Waals surface area contributed by atoms with Crippen LogP contribution in [-0.4, -0.2) is 32.1 Å². The van der Waals surface area contributed by atoms with E-state index in [9.17, 15) is 0 Å². The predicted molar refractivity (Wildman–Crippen MR) is 121 cm³/mol. The van der Waals surface area contributed by atoms with Crippen LogP contribution in [0.5, 0.6) is 5.75 Å². The summed E-state index contributed by atoms with van der Waals surface area (Å²) in [7, 11) is 0. The van der Waals surface area contributed by atoms with Gasteiger partial charge in [-0.2, -0.15) is 0 Å². The summed E-state index contributed by atoms with van der Waals surface area (Å²) >= 11 is 7.59. The maximum Gasteiger partial charge on any atom is 0.191 e. The van der Waals surface area contributed by atoms with Gasteiger partial charge in [0, 0.05) is 28.7 Å².